The summed E-state index contributed by atoms with van der Waals surface area (Å²) in [5, 5.41) is 9.36. The smallest absolute Gasteiger partial charge is 0.229 e. The first-order valence-electron chi connectivity index (χ1n) is 12.3. The second-order valence-electron chi connectivity index (χ2n) is 9.86. The van der Waals surface area contributed by atoms with E-state index in [1.807, 2.05) is 19.9 Å². The van der Waals surface area contributed by atoms with Crippen LogP contribution in [0.2, 0.25) is 5.02 Å². The maximum atomic E-state index is 12.7. The molecule has 1 saturated heterocycles. The highest BCUT2D eigenvalue weighted by Crippen LogP contribution is 2.38. The number of allylic oxidation sites excluding steroid dienone is 1. The average Bonchev–Trinajstić information content (AvgIpc) is 3.60. The van der Waals surface area contributed by atoms with E-state index in [1.54, 1.807) is 0 Å². The summed E-state index contributed by atoms with van der Waals surface area (Å²) in [4.78, 5) is 12.7. The molecule has 2 aliphatic rings. The molecule has 1 aliphatic heterocycles. The van der Waals surface area contributed by atoms with Gasteiger partial charge in [-0.25, -0.2) is 13.4 Å². The van der Waals surface area contributed by atoms with E-state index >= 15 is 0 Å². The fourth-order valence-electron chi connectivity index (χ4n) is 3.96. The Morgan fingerprint density at radius 2 is 2.08 bits per heavy atom. The number of hydrogen-bond acceptors (Lipinski definition) is 10. The molecular weight excluding hydrogens is 514 g/mol. The van der Waals surface area contributed by atoms with Gasteiger partial charge in [0.05, 0.1) is 29.4 Å². The van der Waals surface area contributed by atoms with Crippen molar-refractivity contribution in [2.75, 3.05) is 36.5 Å². The number of benzene rings is 1. The van der Waals surface area contributed by atoms with E-state index in [-0.39, 0.29) is 45.3 Å². The quantitative estimate of drug-likeness (QED) is 0.309. The van der Waals surface area contributed by atoms with Gasteiger partial charge in [-0.1, -0.05) is 25.4 Å². The van der Waals surface area contributed by atoms with E-state index in [1.165, 1.54) is 25.0 Å². The van der Waals surface area contributed by atoms with Crippen LogP contribution in [0.25, 0.3) is 0 Å². The second-order valence-corrected chi connectivity index (χ2v) is 12.3. The second kappa shape index (κ2) is 11.2. The lowest BCUT2D eigenvalue weighted by atomic mass is 9.89. The highest BCUT2D eigenvalue weighted by molar-refractivity contribution is 7.95. The van der Waals surface area contributed by atoms with Crippen LogP contribution in [0.1, 0.15) is 43.7 Å². The molecule has 10 nitrogen and oxygen atoms in total. The average molecular weight is 548 g/mol. The summed E-state index contributed by atoms with van der Waals surface area (Å²) in [6.45, 7) is 7.61. The number of aliphatic imine (C=N–C) groups is 1. The molecule has 0 radical (unpaired) electrons. The van der Waals surface area contributed by atoms with E-state index in [4.69, 9.17) is 22.1 Å². The number of rotatable bonds is 11. The monoisotopic (exact) mass is 547 g/mol. The topological polar surface area (TPSA) is 144 Å². The number of nitrogens with one attached hydrogen (secondary N) is 3. The van der Waals surface area contributed by atoms with Gasteiger partial charge in [0.1, 0.15) is 10.8 Å². The van der Waals surface area contributed by atoms with Crippen molar-refractivity contribution < 1.29 is 13.2 Å². The fraction of sp³-hybridized carbons (Fsp3) is 0.480. The van der Waals surface area contributed by atoms with Crippen LogP contribution in [-0.4, -0.2) is 56.6 Å². The minimum atomic E-state index is -3.72. The molecule has 2 heterocycles. The summed E-state index contributed by atoms with van der Waals surface area (Å²) in [5.41, 5.74) is 9.30. The predicted octanol–water partition coefficient (Wildman–Crippen LogP) is 3.72. The van der Waals surface area contributed by atoms with Crippen molar-refractivity contribution in [3.63, 3.8) is 0 Å². The van der Waals surface area contributed by atoms with E-state index in [9.17, 15) is 8.42 Å². The van der Waals surface area contributed by atoms with Gasteiger partial charge in [-0.05, 0) is 48.9 Å². The van der Waals surface area contributed by atoms with Gasteiger partial charge in [0.2, 0.25) is 5.95 Å². The van der Waals surface area contributed by atoms with Crippen molar-refractivity contribution in [1.82, 2.24) is 15.3 Å². The molecule has 37 heavy (non-hydrogen) atoms. The van der Waals surface area contributed by atoms with Crippen molar-refractivity contribution >= 4 is 45.1 Å². The molecule has 12 heteroatoms. The Labute approximate surface area is 223 Å². The van der Waals surface area contributed by atoms with Crippen molar-refractivity contribution in [3.8, 4) is 5.75 Å². The molecule has 1 aromatic heterocycles. The van der Waals surface area contributed by atoms with Gasteiger partial charge >= 0.3 is 0 Å². The van der Waals surface area contributed by atoms with Gasteiger partial charge in [0, 0.05) is 32.3 Å². The SMILES string of the molecule is CN=CC(Nc1nc(Nc2cc(C)c(C3CNC3)cc2OC2CC2)ncc1Cl)=C(N)S(=O)(=O)CC(C)C. The minimum absolute atomic E-state index is 0.0850. The molecular formula is C25H34ClN7O3S. The normalized spacial score (nSPS) is 17.0. The number of halogens is 1. The van der Waals surface area contributed by atoms with Crippen LogP contribution in [0, 0.1) is 12.8 Å². The minimum Gasteiger partial charge on any atom is -0.488 e. The lowest BCUT2D eigenvalue weighted by Crippen LogP contribution is -2.40. The number of hydrogen-bond donors (Lipinski definition) is 4. The van der Waals surface area contributed by atoms with Crippen LogP contribution in [0.15, 0.2) is 34.0 Å². The maximum absolute atomic E-state index is 12.7. The molecule has 0 unspecified atom stereocenters. The molecule has 200 valence electrons. The number of aromatic nitrogens is 2. The van der Waals surface area contributed by atoms with Crippen LogP contribution in [0.4, 0.5) is 17.5 Å². The zero-order valence-corrected chi connectivity index (χ0v) is 23.1. The molecule has 1 aliphatic carbocycles. The fourth-order valence-corrected chi connectivity index (χ4v) is 5.59. The Hall–Kier alpha value is -2.89. The van der Waals surface area contributed by atoms with Gasteiger partial charge in [-0.15, -0.1) is 0 Å². The summed E-state index contributed by atoms with van der Waals surface area (Å²) in [5.74, 6) is 1.50. The summed E-state index contributed by atoms with van der Waals surface area (Å²) >= 11 is 6.36. The molecule has 5 N–H and O–H groups in total. The van der Waals surface area contributed by atoms with Crippen LogP contribution in [0.3, 0.4) is 0 Å². The molecule has 4 rings (SSSR count). The first-order chi connectivity index (χ1) is 17.6. The van der Waals surface area contributed by atoms with Crippen LogP contribution in [0.5, 0.6) is 5.75 Å². The number of ether oxygens (including phenoxy) is 1. The first-order valence-corrected chi connectivity index (χ1v) is 14.3. The molecule has 0 spiro atoms. The van der Waals surface area contributed by atoms with Crippen LogP contribution in [-0.2, 0) is 9.84 Å². The van der Waals surface area contributed by atoms with Gasteiger partial charge in [0.15, 0.2) is 20.7 Å². The van der Waals surface area contributed by atoms with Gasteiger partial charge in [0.25, 0.3) is 0 Å². The molecule has 0 bridgehead atoms. The highest BCUT2D eigenvalue weighted by atomic mass is 35.5. The number of nitrogens with two attached hydrogens (primary N) is 1. The Kier molecular flexibility index (Phi) is 8.25. The number of sulfone groups is 1. The molecule has 0 amide bonds. The maximum Gasteiger partial charge on any atom is 0.229 e. The lowest BCUT2D eigenvalue weighted by molar-refractivity contribution is 0.303. The standard InChI is InChI=1S/C25H34ClN7O3S/c1-14(2)13-37(34,35)23(27)21(12-28-4)31-24-19(26)11-30-25(33-24)32-20-7-15(3)18(16-9-29-10-16)8-22(20)36-17-5-6-17/h7-8,11-12,14,16-17,29H,5-6,9-10,13,27H2,1-4H3,(H2,30,31,32,33). The third-order valence-corrected chi connectivity index (χ3v) is 8.33. The first kappa shape index (κ1) is 27.2. The predicted molar refractivity (Wildman–Crippen MR) is 149 cm³/mol. The zero-order chi connectivity index (χ0) is 26.7. The van der Waals surface area contributed by atoms with Crippen molar-refractivity contribution in [2.45, 2.75) is 45.6 Å². The summed E-state index contributed by atoms with van der Waals surface area (Å²) < 4.78 is 31.7. The number of anilines is 3. The largest absolute Gasteiger partial charge is 0.488 e. The van der Waals surface area contributed by atoms with Gasteiger partial charge in [-0.3, -0.25) is 4.99 Å². The van der Waals surface area contributed by atoms with Crippen LogP contribution >= 0.6 is 11.6 Å². The summed E-state index contributed by atoms with van der Waals surface area (Å²) in [6.07, 6.45) is 5.05. The van der Waals surface area contributed by atoms with E-state index in [0.717, 1.165) is 42.9 Å². The summed E-state index contributed by atoms with van der Waals surface area (Å²) in [6, 6.07) is 4.15. The summed E-state index contributed by atoms with van der Waals surface area (Å²) in [7, 11) is -2.20. The van der Waals surface area contributed by atoms with Gasteiger partial charge in [-0.2, -0.15) is 4.98 Å². The van der Waals surface area contributed by atoms with Crippen molar-refractivity contribution in [3.05, 3.63) is 45.2 Å². The third-order valence-electron chi connectivity index (χ3n) is 6.06. The Morgan fingerprint density at radius 3 is 2.68 bits per heavy atom. The Morgan fingerprint density at radius 1 is 1.35 bits per heavy atom. The molecule has 0 atom stereocenters. The van der Waals surface area contributed by atoms with Crippen LogP contribution < -0.4 is 26.4 Å². The molecule has 1 saturated carbocycles. The lowest BCUT2D eigenvalue weighted by Gasteiger charge is -2.29. The van der Waals surface area contributed by atoms with Crippen molar-refractivity contribution in [2.24, 2.45) is 16.6 Å². The number of aryl methyl sites for hydroxylation is 1. The van der Waals surface area contributed by atoms with E-state index in [0.29, 0.717) is 5.92 Å². The Bertz CT molecular complexity index is 1320. The molecule has 2 fully saturated rings. The molecule has 1 aromatic carbocycles. The third kappa shape index (κ3) is 6.71. The van der Waals surface area contributed by atoms with Gasteiger partial charge < -0.3 is 26.4 Å². The molecule has 2 aromatic rings. The highest BCUT2D eigenvalue weighted by Gasteiger charge is 2.28. The number of nitrogens with zero attached hydrogens (tertiary/aromatic N) is 3. The Balaban J connectivity index is 1.64. The zero-order valence-electron chi connectivity index (χ0n) is 21.5. The van der Waals surface area contributed by atoms with E-state index in [2.05, 4.69) is 43.9 Å². The van der Waals surface area contributed by atoms with Crippen molar-refractivity contribution in [1.29, 1.82) is 0 Å². The van der Waals surface area contributed by atoms with E-state index < -0.39 is 9.84 Å².